The summed E-state index contributed by atoms with van der Waals surface area (Å²) in [4.78, 5) is 22.9. The molecule has 1 aromatic carbocycles. The van der Waals surface area contributed by atoms with Gasteiger partial charge in [0.25, 0.3) is 5.19 Å². The van der Waals surface area contributed by atoms with Crippen molar-refractivity contribution in [3.05, 3.63) is 48.2 Å². The molecule has 1 aliphatic heterocycles. The Balaban J connectivity index is 1.31. The molecule has 0 aliphatic carbocycles. The summed E-state index contributed by atoms with van der Waals surface area (Å²) in [7, 11) is 0. The zero-order valence-corrected chi connectivity index (χ0v) is 16.7. The minimum Gasteiger partial charge on any atom is -0.466 e. The number of ether oxygens (including phenoxy) is 2. The topological polar surface area (TPSA) is 64.5 Å². The molecule has 0 atom stereocenters. The quantitative estimate of drug-likeness (QED) is 0.579. The lowest BCUT2D eigenvalue weighted by Gasteiger charge is -2.30. The number of pyridine rings is 1. The normalized spacial score (nSPS) is 15.6. The number of hydrogen-bond acceptors (Lipinski definition) is 7. The number of aromatic nitrogens is 2. The lowest BCUT2D eigenvalue weighted by Crippen LogP contribution is -2.36. The molecule has 1 fully saturated rings. The van der Waals surface area contributed by atoms with Gasteiger partial charge in [-0.3, -0.25) is 9.69 Å². The first-order chi connectivity index (χ1) is 13.7. The van der Waals surface area contributed by atoms with Crippen LogP contribution >= 0.6 is 11.3 Å². The minimum absolute atomic E-state index is 0.0475. The van der Waals surface area contributed by atoms with Crippen molar-refractivity contribution in [1.82, 2.24) is 14.9 Å². The van der Waals surface area contributed by atoms with Crippen molar-refractivity contribution < 1.29 is 14.3 Å². The Kier molecular flexibility index (Phi) is 5.83. The van der Waals surface area contributed by atoms with Crippen molar-refractivity contribution in [1.29, 1.82) is 0 Å². The van der Waals surface area contributed by atoms with Crippen LogP contribution in [0.2, 0.25) is 0 Å². The van der Waals surface area contributed by atoms with Crippen LogP contribution in [0, 0.1) is 5.92 Å². The highest BCUT2D eigenvalue weighted by Crippen LogP contribution is 2.30. The molecule has 2 aromatic heterocycles. The second kappa shape index (κ2) is 8.67. The molecule has 0 amide bonds. The minimum atomic E-state index is -0.0475. The Morgan fingerprint density at radius 2 is 2.00 bits per heavy atom. The Morgan fingerprint density at radius 1 is 1.21 bits per heavy atom. The lowest BCUT2D eigenvalue weighted by atomic mass is 9.96. The van der Waals surface area contributed by atoms with Crippen molar-refractivity contribution >= 4 is 27.7 Å². The molecule has 4 rings (SSSR count). The third-order valence-electron chi connectivity index (χ3n) is 4.89. The van der Waals surface area contributed by atoms with E-state index in [1.807, 2.05) is 31.2 Å². The Hall–Kier alpha value is -2.51. The van der Waals surface area contributed by atoms with Gasteiger partial charge in [-0.25, -0.2) is 4.98 Å². The number of carbonyl (C=O) groups is 1. The molecule has 6 nitrogen and oxygen atoms in total. The molecule has 3 aromatic rings. The molecule has 0 bridgehead atoms. The van der Waals surface area contributed by atoms with E-state index in [4.69, 9.17) is 9.47 Å². The van der Waals surface area contributed by atoms with Gasteiger partial charge in [-0.1, -0.05) is 23.5 Å². The standard InChI is InChI=1S/C21H23N3O3S/c1-2-26-20(25)16-9-12-24(13-10-16)14-15-5-7-17(8-6-15)27-21-23-19-18(28-21)4-3-11-22-19/h3-8,11,16H,2,9-10,12-14H2,1H3. The maximum Gasteiger partial charge on any atom is 0.309 e. The molecule has 0 N–H and O–H groups in total. The van der Waals surface area contributed by atoms with E-state index in [9.17, 15) is 4.79 Å². The Morgan fingerprint density at radius 3 is 2.71 bits per heavy atom. The molecule has 0 radical (unpaired) electrons. The van der Waals surface area contributed by atoms with Gasteiger partial charge in [0.05, 0.1) is 17.2 Å². The average molecular weight is 398 g/mol. The molecule has 3 heterocycles. The molecule has 1 saturated heterocycles. The fourth-order valence-electron chi connectivity index (χ4n) is 3.40. The molecule has 0 saturated carbocycles. The van der Waals surface area contributed by atoms with Crippen molar-refractivity contribution in [3.8, 4) is 10.9 Å². The zero-order valence-electron chi connectivity index (χ0n) is 15.8. The molecule has 28 heavy (non-hydrogen) atoms. The van der Waals surface area contributed by atoms with Gasteiger partial charge in [0.2, 0.25) is 0 Å². The third kappa shape index (κ3) is 4.48. The number of carbonyl (C=O) groups excluding carboxylic acids is 1. The van der Waals surface area contributed by atoms with Crippen molar-refractivity contribution in [2.75, 3.05) is 19.7 Å². The van der Waals surface area contributed by atoms with Gasteiger partial charge in [-0.2, -0.15) is 4.98 Å². The molecule has 7 heteroatoms. The highest BCUT2D eigenvalue weighted by molar-refractivity contribution is 7.20. The fraction of sp³-hybridized carbons (Fsp3) is 0.381. The van der Waals surface area contributed by atoms with Crippen LogP contribution in [0.4, 0.5) is 0 Å². The molecule has 0 unspecified atom stereocenters. The number of fused-ring (bicyclic) bond motifs is 1. The van der Waals surface area contributed by atoms with E-state index in [2.05, 4.69) is 27.0 Å². The van der Waals surface area contributed by atoms with Gasteiger partial charge in [0, 0.05) is 12.7 Å². The maximum atomic E-state index is 11.8. The fourth-order valence-corrected chi connectivity index (χ4v) is 4.20. The summed E-state index contributed by atoms with van der Waals surface area (Å²) >= 11 is 1.49. The molecule has 1 aliphatic rings. The molecule has 146 valence electrons. The Bertz CT molecular complexity index is 900. The number of likely N-dealkylation sites (tertiary alicyclic amines) is 1. The van der Waals surface area contributed by atoms with Gasteiger partial charge in [0.1, 0.15) is 5.75 Å². The first-order valence-electron chi connectivity index (χ1n) is 9.58. The lowest BCUT2D eigenvalue weighted by molar-refractivity contribution is -0.149. The summed E-state index contributed by atoms with van der Waals surface area (Å²) in [6.07, 6.45) is 3.47. The molecular formula is C21H23N3O3S. The smallest absolute Gasteiger partial charge is 0.309 e. The largest absolute Gasteiger partial charge is 0.466 e. The highest BCUT2D eigenvalue weighted by atomic mass is 32.1. The summed E-state index contributed by atoms with van der Waals surface area (Å²) in [6.45, 7) is 5.02. The van der Waals surface area contributed by atoms with Crippen LogP contribution in [-0.2, 0) is 16.1 Å². The predicted octanol–water partition coefficient (Wildman–Crippen LogP) is 4.26. The number of thiazole rings is 1. The van der Waals surface area contributed by atoms with E-state index in [1.54, 1.807) is 6.20 Å². The van der Waals surface area contributed by atoms with Crippen LogP contribution in [0.25, 0.3) is 10.3 Å². The molecular weight excluding hydrogens is 374 g/mol. The van der Waals surface area contributed by atoms with E-state index in [0.29, 0.717) is 17.4 Å². The summed E-state index contributed by atoms with van der Waals surface area (Å²) in [6, 6.07) is 12.0. The predicted molar refractivity (Wildman–Crippen MR) is 109 cm³/mol. The van der Waals surface area contributed by atoms with Crippen LogP contribution in [0.3, 0.4) is 0 Å². The summed E-state index contributed by atoms with van der Waals surface area (Å²) in [5.41, 5.74) is 1.94. The SMILES string of the molecule is CCOC(=O)C1CCN(Cc2ccc(Oc3nc4ncccc4s3)cc2)CC1. The van der Waals surface area contributed by atoms with Gasteiger partial charge >= 0.3 is 5.97 Å². The monoisotopic (exact) mass is 397 g/mol. The van der Waals surface area contributed by atoms with E-state index >= 15 is 0 Å². The van der Waals surface area contributed by atoms with Crippen LogP contribution < -0.4 is 4.74 Å². The average Bonchev–Trinajstić information content (AvgIpc) is 3.12. The first-order valence-corrected chi connectivity index (χ1v) is 10.4. The number of esters is 1. The van der Waals surface area contributed by atoms with Crippen molar-refractivity contribution in [2.24, 2.45) is 5.92 Å². The Labute approximate surface area is 168 Å². The van der Waals surface area contributed by atoms with E-state index in [1.165, 1.54) is 16.9 Å². The van der Waals surface area contributed by atoms with Crippen molar-refractivity contribution in [2.45, 2.75) is 26.3 Å². The first kappa shape index (κ1) is 18.8. The maximum absolute atomic E-state index is 11.8. The van der Waals surface area contributed by atoms with Crippen LogP contribution in [0.15, 0.2) is 42.6 Å². The number of piperidine rings is 1. The van der Waals surface area contributed by atoms with E-state index in [0.717, 1.165) is 42.9 Å². The summed E-state index contributed by atoms with van der Waals surface area (Å²) < 4.78 is 12.0. The number of nitrogens with zero attached hydrogens (tertiary/aromatic N) is 3. The van der Waals surface area contributed by atoms with Crippen LogP contribution in [0.5, 0.6) is 10.9 Å². The third-order valence-corrected chi connectivity index (χ3v) is 5.78. The summed E-state index contributed by atoms with van der Waals surface area (Å²) in [5, 5.41) is 0.600. The van der Waals surface area contributed by atoms with Gasteiger partial charge in [-0.05, 0) is 62.7 Å². The zero-order chi connectivity index (χ0) is 19.3. The molecule has 0 spiro atoms. The van der Waals surface area contributed by atoms with Crippen LogP contribution in [-0.4, -0.2) is 40.5 Å². The van der Waals surface area contributed by atoms with E-state index < -0.39 is 0 Å². The van der Waals surface area contributed by atoms with E-state index in [-0.39, 0.29) is 11.9 Å². The number of rotatable bonds is 6. The van der Waals surface area contributed by atoms with Crippen molar-refractivity contribution in [3.63, 3.8) is 0 Å². The second-order valence-corrected chi connectivity index (χ2v) is 7.85. The van der Waals surface area contributed by atoms with Gasteiger partial charge in [-0.15, -0.1) is 0 Å². The number of hydrogen-bond donors (Lipinski definition) is 0. The van der Waals surface area contributed by atoms with Gasteiger partial charge < -0.3 is 9.47 Å². The van der Waals surface area contributed by atoms with Gasteiger partial charge in [0.15, 0.2) is 5.65 Å². The van der Waals surface area contributed by atoms with Crippen LogP contribution in [0.1, 0.15) is 25.3 Å². The second-order valence-electron chi connectivity index (χ2n) is 6.85. The summed E-state index contributed by atoms with van der Waals surface area (Å²) in [5.74, 6) is 0.771. The number of benzene rings is 1. The highest BCUT2D eigenvalue weighted by Gasteiger charge is 2.25.